The Balaban J connectivity index is 1.74. The van der Waals surface area contributed by atoms with Crippen molar-refractivity contribution in [3.05, 3.63) is 0 Å². The third-order valence-electron chi connectivity index (χ3n) is 5.37. The van der Waals surface area contributed by atoms with Crippen LogP contribution in [0, 0.1) is 0 Å². The lowest BCUT2D eigenvalue weighted by atomic mass is 9.97. The second kappa shape index (κ2) is 9.78. The van der Waals surface area contributed by atoms with Crippen LogP contribution in [0.25, 0.3) is 0 Å². The van der Waals surface area contributed by atoms with Gasteiger partial charge in [0.25, 0.3) is 0 Å². The average Bonchev–Trinajstić information content (AvgIpc) is 2.92. The molecule has 2 aliphatic rings. The van der Waals surface area contributed by atoms with E-state index in [-0.39, 0.29) is 0 Å². The molecular weight excluding hydrogens is 244 g/mol. The number of rotatable bonds is 3. The zero-order valence-electron chi connectivity index (χ0n) is 13.7. The highest BCUT2D eigenvalue weighted by Gasteiger charge is 2.20. The van der Waals surface area contributed by atoms with Crippen molar-refractivity contribution in [3.8, 4) is 0 Å². The molecule has 1 saturated heterocycles. The first-order chi connectivity index (χ1) is 9.86. The molecule has 1 saturated carbocycles. The van der Waals surface area contributed by atoms with E-state index in [9.17, 15) is 0 Å². The van der Waals surface area contributed by atoms with E-state index in [2.05, 4.69) is 17.3 Å². The van der Waals surface area contributed by atoms with E-state index in [1.807, 2.05) is 0 Å². The molecule has 0 bridgehead atoms. The summed E-state index contributed by atoms with van der Waals surface area (Å²) in [5.74, 6) is 0. The molecule has 1 unspecified atom stereocenters. The van der Waals surface area contributed by atoms with Gasteiger partial charge >= 0.3 is 0 Å². The number of nitrogens with one attached hydrogen (secondary N) is 1. The number of hydrogen-bond acceptors (Lipinski definition) is 2. The van der Waals surface area contributed by atoms with E-state index in [1.54, 1.807) is 0 Å². The molecule has 2 rings (SSSR count). The van der Waals surface area contributed by atoms with E-state index >= 15 is 0 Å². The van der Waals surface area contributed by atoms with Crippen molar-refractivity contribution in [2.24, 2.45) is 0 Å². The molecule has 0 spiro atoms. The molecule has 0 aromatic carbocycles. The van der Waals surface area contributed by atoms with E-state index < -0.39 is 0 Å². The zero-order chi connectivity index (χ0) is 14.0. The van der Waals surface area contributed by atoms with Gasteiger partial charge in [0, 0.05) is 18.6 Å². The lowest BCUT2D eigenvalue weighted by Gasteiger charge is -2.31. The van der Waals surface area contributed by atoms with Gasteiger partial charge in [0.15, 0.2) is 0 Å². The molecule has 0 amide bonds. The first-order valence-electron chi connectivity index (χ1n) is 9.30. The Bertz CT molecular complexity index is 224. The Labute approximate surface area is 126 Å². The average molecular weight is 280 g/mol. The molecular formula is C18H36N2. The highest BCUT2D eigenvalue weighted by Crippen LogP contribution is 2.20. The van der Waals surface area contributed by atoms with Gasteiger partial charge in [-0.05, 0) is 39.3 Å². The van der Waals surface area contributed by atoms with Gasteiger partial charge in [0.05, 0.1) is 0 Å². The molecule has 0 radical (unpaired) electrons. The largest absolute Gasteiger partial charge is 0.313 e. The van der Waals surface area contributed by atoms with E-state index in [1.165, 1.54) is 96.6 Å². The van der Waals surface area contributed by atoms with Crippen LogP contribution >= 0.6 is 0 Å². The van der Waals surface area contributed by atoms with Crippen LogP contribution in [-0.4, -0.2) is 37.1 Å². The van der Waals surface area contributed by atoms with Crippen molar-refractivity contribution in [3.63, 3.8) is 0 Å². The van der Waals surface area contributed by atoms with Crippen LogP contribution in [0.5, 0.6) is 0 Å². The molecule has 0 aromatic heterocycles. The van der Waals surface area contributed by atoms with Crippen LogP contribution in [0.1, 0.15) is 83.5 Å². The first kappa shape index (κ1) is 16.3. The minimum atomic E-state index is 0.765. The van der Waals surface area contributed by atoms with Gasteiger partial charge in [-0.25, -0.2) is 0 Å². The normalized spacial score (nSPS) is 28.2. The quantitative estimate of drug-likeness (QED) is 0.827. The first-order valence-corrected chi connectivity index (χ1v) is 9.30. The molecule has 1 atom stereocenters. The van der Waals surface area contributed by atoms with Crippen molar-refractivity contribution in [1.29, 1.82) is 0 Å². The molecule has 1 aliphatic carbocycles. The van der Waals surface area contributed by atoms with Crippen molar-refractivity contribution >= 4 is 0 Å². The Hall–Kier alpha value is -0.0800. The summed E-state index contributed by atoms with van der Waals surface area (Å²) in [5, 5.41) is 3.65. The van der Waals surface area contributed by atoms with Crippen LogP contribution in [-0.2, 0) is 0 Å². The van der Waals surface area contributed by atoms with Gasteiger partial charge in [-0.2, -0.15) is 0 Å². The fourth-order valence-corrected chi connectivity index (χ4v) is 3.99. The summed E-state index contributed by atoms with van der Waals surface area (Å²) in [6.45, 7) is 2.51. The summed E-state index contributed by atoms with van der Waals surface area (Å²) in [7, 11) is 2.37. The van der Waals surface area contributed by atoms with Gasteiger partial charge in [-0.3, -0.25) is 0 Å². The number of hydrogen-bond donors (Lipinski definition) is 1. The maximum Gasteiger partial charge on any atom is 0.0195 e. The van der Waals surface area contributed by atoms with Gasteiger partial charge in [-0.1, -0.05) is 57.8 Å². The second-order valence-corrected chi connectivity index (χ2v) is 7.15. The number of nitrogens with zero attached hydrogens (tertiary/aromatic N) is 1. The maximum absolute atomic E-state index is 3.65. The molecule has 0 aromatic rings. The monoisotopic (exact) mass is 280 g/mol. The molecule has 2 fully saturated rings. The summed E-state index contributed by atoms with van der Waals surface area (Å²) >= 11 is 0. The van der Waals surface area contributed by atoms with Crippen LogP contribution in [0.15, 0.2) is 0 Å². The van der Waals surface area contributed by atoms with Crippen LogP contribution in [0.2, 0.25) is 0 Å². The van der Waals surface area contributed by atoms with Gasteiger partial charge in [-0.15, -0.1) is 0 Å². The molecule has 1 N–H and O–H groups in total. The zero-order valence-corrected chi connectivity index (χ0v) is 13.7. The Morgan fingerprint density at radius 3 is 1.80 bits per heavy atom. The van der Waals surface area contributed by atoms with Crippen molar-refractivity contribution in [2.45, 2.75) is 95.6 Å². The van der Waals surface area contributed by atoms with Crippen LogP contribution in [0.3, 0.4) is 0 Å². The van der Waals surface area contributed by atoms with E-state index in [0.717, 1.165) is 12.1 Å². The minimum Gasteiger partial charge on any atom is -0.313 e. The summed E-state index contributed by atoms with van der Waals surface area (Å²) in [5.41, 5.74) is 0. The smallest absolute Gasteiger partial charge is 0.0195 e. The van der Waals surface area contributed by atoms with Crippen molar-refractivity contribution in [2.75, 3.05) is 20.1 Å². The predicted molar refractivity (Wildman–Crippen MR) is 88.2 cm³/mol. The fourth-order valence-electron chi connectivity index (χ4n) is 3.99. The Morgan fingerprint density at radius 1 is 0.750 bits per heavy atom. The Kier molecular flexibility index (Phi) is 7.97. The molecule has 2 heteroatoms. The molecule has 1 heterocycles. The maximum atomic E-state index is 3.65. The van der Waals surface area contributed by atoms with Crippen molar-refractivity contribution in [1.82, 2.24) is 10.2 Å². The fraction of sp³-hybridized carbons (Fsp3) is 1.00. The lowest BCUT2D eigenvalue weighted by molar-refractivity contribution is 0.193. The third kappa shape index (κ3) is 6.13. The SMILES string of the molecule is CN(CC1CCCN1)C1CCCCCCCCCCC1. The topological polar surface area (TPSA) is 15.3 Å². The molecule has 118 valence electrons. The van der Waals surface area contributed by atoms with E-state index in [0.29, 0.717) is 0 Å². The standard InChI is InChI=1S/C18H36N2/c1-20(16-17-12-11-15-19-17)18-13-9-7-5-3-2-4-6-8-10-14-18/h17-19H,2-16H2,1H3. The van der Waals surface area contributed by atoms with Crippen LogP contribution in [0.4, 0.5) is 0 Å². The number of likely N-dealkylation sites (N-methyl/N-ethyl adjacent to an activating group) is 1. The van der Waals surface area contributed by atoms with E-state index in [4.69, 9.17) is 0 Å². The summed E-state index contributed by atoms with van der Waals surface area (Å²) in [4.78, 5) is 2.68. The third-order valence-corrected chi connectivity index (χ3v) is 5.37. The summed E-state index contributed by atoms with van der Waals surface area (Å²) in [6, 6.07) is 1.61. The van der Waals surface area contributed by atoms with Gasteiger partial charge in [0.2, 0.25) is 0 Å². The summed E-state index contributed by atoms with van der Waals surface area (Å²) in [6.07, 6.45) is 18.8. The predicted octanol–water partition coefficient (Wildman–Crippen LogP) is 4.34. The lowest BCUT2D eigenvalue weighted by Crippen LogP contribution is -2.41. The highest BCUT2D eigenvalue weighted by molar-refractivity contribution is 4.80. The van der Waals surface area contributed by atoms with Crippen molar-refractivity contribution < 1.29 is 0 Å². The van der Waals surface area contributed by atoms with Gasteiger partial charge < -0.3 is 10.2 Å². The molecule has 20 heavy (non-hydrogen) atoms. The van der Waals surface area contributed by atoms with Gasteiger partial charge in [0.1, 0.15) is 0 Å². The van der Waals surface area contributed by atoms with Crippen LogP contribution < -0.4 is 5.32 Å². The second-order valence-electron chi connectivity index (χ2n) is 7.15. The highest BCUT2D eigenvalue weighted by atomic mass is 15.2. The minimum absolute atomic E-state index is 0.765. The summed E-state index contributed by atoms with van der Waals surface area (Å²) < 4.78 is 0. The Morgan fingerprint density at radius 2 is 1.30 bits per heavy atom. The molecule has 1 aliphatic heterocycles. The molecule has 2 nitrogen and oxygen atoms in total.